The van der Waals surface area contributed by atoms with E-state index in [4.69, 9.17) is 4.74 Å². The van der Waals surface area contributed by atoms with E-state index in [0.29, 0.717) is 17.9 Å². The molecule has 0 aromatic carbocycles. The van der Waals surface area contributed by atoms with E-state index in [2.05, 4.69) is 5.32 Å². The standard InChI is InChI=1S/C13H17NO4/c1-6(2)11-12-10(13(17)14-11)9(16)5-8(18-12)4-7(3)15/h7-8,15H,4-5H2,1-3H3,(H,14,17)/t7?,8-/m1/s1. The molecule has 2 aliphatic rings. The highest BCUT2D eigenvalue weighted by atomic mass is 16.5. The number of hydrogen-bond acceptors (Lipinski definition) is 4. The smallest absolute Gasteiger partial charge is 0.263 e. The fourth-order valence-electron chi connectivity index (χ4n) is 2.21. The second-order valence-corrected chi connectivity index (χ2v) is 4.99. The summed E-state index contributed by atoms with van der Waals surface area (Å²) in [4.78, 5) is 23.7. The first-order valence-electron chi connectivity index (χ1n) is 6.01. The lowest BCUT2D eigenvalue weighted by atomic mass is 9.98. The number of Topliss-reactive ketones (excluding diaryl/α,β-unsaturated/α-hetero) is 1. The summed E-state index contributed by atoms with van der Waals surface area (Å²) in [5.41, 5.74) is 1.59. The summed E-state index contributed by atoms with van der Waals surface area (Å²) in [5, 5.41) is 12.0. The van der Waals surface area contributed by atoms with Crippen molar-refractivity contribution in [2.45, 2.75) is 45.8 Å². The van der Waals surface area contributed by atoms with Crippen LogP contribution in [0.2, 0.25) is 0 Å². The molecule has 0 saturated heterocycles. The maximum absolute atomic E-state index is 11.9. The van der Waals surface area contributed by atoms with Gasteiger partial charge in [0.25, 0.3) is 5.91 Å². The zero-order valence-corrected chi connectivity index (χ0v) is 10.7. The number of rotatable bonds is 2. The van der Waals surface area contributed by atoms with Gasteiger partial charge in [0, 0.05) is 12.8 Å². The van der Waals surface area contributed by atoms with Crippen LogP contribution in [0.1, 0.15) is 33.6 Å². The predicted molar refractivity (Wildman–Crippen MR) is 64.3 cm³/mol. The lowest BCUT2D eigenvalue weighted by molar-refractivity contribution is -0.124. The monoisotopic (exact) mass is 251 g/mol. The van der Waals surface area contributed by atoms with Crippen molar-refractivity contribution in [1.29, 1.82) is 0 Å². The quantitative estimate of drug-likeness (QED) is 0.712. The van der Waals surface area contributed by atoms with Crippen LogP contribution in [0.25, 0.3) is 0 Å². The Hall–Kier alpha value is -1.62. The third kappa shape index (κ3) is 2.18. The highest BCUT2D eigenvalue weighted by molar-refractivity contribution is 6.23. The second kappa shape index (κ2) is 4.57. The Morgan fingerprint density at radius 1 is 1.50 bits per heavy atom. The van der Waals surface area contributed by atoms with Gasteiger partial charge < -0.3 is 15.2 Å². The molecule has 0 fully saturated rings. The van der Waals surface area contributed by atoms with Crippen molar-refractivity contribution in [3.8, 4) is 0 Å². The largest absolute Gasteiger partial charge is 0.487 e. The van der Waals surface area contributed by atoms with Gasteiger partial charge in [-0.3, -0.25) is 9.59 Å². The maximum atomic E-state index is 11.9. The van der Waals surface area contributed by atoms with Crippen molar-refractivity contribution in [3.63, 3.8) is 0 Å². The average molecular weight is 251 g/mol. The van der Waals surface area contributed by atoms with Gasteiger partial charge in [-0.15, -0.1) is 0 Å². The Kier molecular flexibility index (Phi) is 3.26. The van der Waals surface area contributed by atoms with Gasteiger partial charge in [0.05, 0.1) is 11.8 Å². The zero-order valence-electron chi connectivity index (χ0n) is 10.7. The molecule has 0 aromatic rings. The Morgan fingerprint density at radius 3 is 2.72 bits per heavy atom. The van der Waals surface area contributed by atoms with E-state index in [-0.39, 0.29) is 29.8 Å². The van der Waals surface area contributed by atoms with Crippen LogP contribution in [0.4, 0.5) is 0 Å². The number of carbonyl (C=O) groups excluding carboxylic acids is 2. The minimum Gasteiger partial charge on any atom is -0.487 e. The number of amides is 1. The van der Waals surface area contributed by atoms with E-state index in [1.807, 2.05) is 13.8 Å². The molecule has 0 spiro atoms. The number of nitrogens with one attached hydrogen (secondary N) is 1. The van der Waals surface area contributed by atoms with Crippen molar-refractivity contribution in [1.82, 2.24) is 5.32 Å². The fraction of sp³-hybridized carbons (Fsp3) is 0.538. The second-order valence-electron chi connectivity index (χ2n) is 4.99. The molecule has 0 saturated carbocycles. The van der Waals surface area contributed by atoms with Gasteiger partial charge >= 0.3 is 0 Å². The Bertz CT molecular complexity index is 469. The first-order chi connectivity index (χ1) is 8.40. The molecule has 2 rings (SSSR count). The van der Waals surface area contributed by atoms with Crippen molar-refractivity contribution in [2.24, 2.45) is 0 Å². The van der Waals surface area contributed by atoms with E-state index >= 15 is 0 Å². The number of ketones is 1. The van der Waals surface area contributed by atoms with Gasteiger partial charge in [-0.2, -0.15) is 0 Å². The summed E-state index contributed by atoms with van der Waals surface area (Å²) in [6.07, 6.45) is -0.372. The Morgan fingerprint density at radius 2 is 2.17 bits per heavy atom. The number of ether oxygens (including phenoxy) is 1. The maximum Gasteiger partial charge on any atom is 0.263 e. The lowest BCUT2D eigenvalue weighted by Gasteiger charge is -2.25. The summed E-state index contributed by atoms with van der Waals surface area (Å²) >= 11 is 0. The number of hydrogen-bond donors (Lipinski definition) is 2. The molecule has 18 heavy (non-hydrogen) atoms. The summed E-state index contributed by atoms with van der Waals surface area (Å²) < 4.78 is 5.69. The predicted octanol–water partition coefficient (Wildman–Crippen LogP) is 0.793. The van der Waals surface area contributed by atoms with Crippen LogP contribution in [0.3, 0.4) is 0 Å². The molecule has 0 radical (unpaired) electrons. The molecule has 2 aliphatic heterocycles. The van der Waals surface area contributed by atoms with E-state index in [0.717, 1.165) is 5.57 Å². The lowest BCUT2D eigenvalue weighted by Crippen LogP contribution is -2.29. The Labute approximate surface area is 106 Å². The van der Waals surface area contributed by atoms with E-state index in [1.54, 1.807) is 6.92 Å². The highest BCUT2D eigenvalue weighted by Gasteiger charge is 2.40. The van der Waals surface area contributed by atoms with Crippen LogP contribution in [0.5, 0.6) is 0 Å². The molecule has 2 N–H and O–H groups in total. The third-order valence-corrected chi connectivity index (χ3v) is 3.00. The van der Waals surface area contributed by atoms with E-state index in [1.165, 1.54) is 0 Å². The van der Waals surface area contributed by atoms with Gasteiger partial charge in [-0.25, -0.2) is 0 Å². The topological polar surface area (TPSA) is 75.6 Å². The summed E-state index contributed by atoms with van der Waals surface area (Å²) in [6.45, 7) is 5.34. The molecule has 2 atom stereocenters. The summed E-state index contributed by atoms with van der Waals surface area (Å²) in [7, 11) is 0. The van der Waals surface area contributed by atoms with Crippen molar-refractivity contribution < 1.29 is 19.4 Å². The zero-order chi connectivity index (χ0) is 13.4. The molecular weight excluding hydrogens is 234 g/mol. The van der Waals surface area contributed by atoms with Crippen LogP contribution < -0.4 is 5.32 Å². The highest BCUT2D eigenvalue weighted by Crippen LogP contribution is 2.33. The van der Waals surface area contributed by atoms with Gasteiger partial charge in [-0.1, -0.05) is 0 Å². The van der Waals surface area contributed by atoms with Crippen molar-refractivity contribution in [2.75, 3.05) is 0 Å². The van der Waals surface area contributed by atoms with Gasteiger partial charge in [0.1, 0.15) is 11.7 Å². The molecule has 1 amide bonds. The third-order valence-electron chi connectivity index (χ3n) is 3.00. The SMILES string of the molecule is CC(C)=C1NC(=O)C2=C1O[C@H](CC(C)O)CC2=O. The first-order valence-corrected chi connectivity index (χ1v) is 6.01. The minimum absolute atomic E-state index is 0.119. The normalized spacial score (nSPS) is 24.7. The van der Waals surface area contributed by atoms with Gasteiger partial charge in [0.2, 0.25) is 0 Å². The van der Waals surface area contributed by atoms with Crippen molar-refractivity contribution in [3.05, 3.63) is 22.6 Å². The molecule has 0 aliphatic carbocycles. The molecule has 0 aromatic heterocycles. The molecule has 2 heterocycles. The van der Waals surface area contributed by atoms with E-state index < -0.39 is 6.10 Å². The van der Waals surface area contributed by atoms with Gasteiger partial charge in [-0.05, 0) is 26.3 Å². The molecule has 5 heteroatoms. The molecule has 5 nitrogen and oxygen atoms in total. The molecule has 98 valence electrons. The van der Waals surface area contributed by atoms with Crippen molar-refractivity contribution >= 4 is 11.7 Å². The minimum atomic E-state index is -0.537. The first kappa shape index (κ1) is 12.8. The van der Waals surface area contributed by atoms with Crippen LogP contribution in [0, 0.1) is 0 Å². The van der Waals surface area contributed by atoms with Gasteiger partial charge in [0.15, 0.2) is 11.5 Å². The molecule has 0 bridgehead atoms. The number of aliphatic hydroxyl groups excluding tert-OH is 1. The number of aliphatic hydroxyl groups is 1. The fourth-order valence-corrected chi connectivity index (χ4v) is 2.21. The van der Waals surface area contributed by atoms with Crippen LogP contribution in [-0.4, -0.2) is 29.0 Å². The average Bonchev–Trinajstić information content (AvgIpc) is 2.55. The number of carbonyl (C=O) groups is 2. The van der Waals surface area contributed by atoms with E-state index in [9.17, 15) is 14.7 Å². The Balaban J connectivity index is 2.34. The molecular formula is C13H17NO4. The number of allylic oxidation sites excluding steroid dienone is 1. The summed E-state index contributed by atoms with van der Waals surface area (Å²) in [5.74, 6) is -0.251. The summed E-state index contributed by atoms with van der Waals surface area (Å²) in [6, 6.07) is 0. The molecule has 1 unspecified atom stereocenters. The van der Waals surface area contributed by atoms with Crippen LogP contribution >= 0.6 is 0 Å². The van der Waals surface area contributed by atoms with Crippen LogP contribution in [0.15, 0.2) is 22.6 Å². The van der Waals surface area contributed by atoms with Crippen LogP contribution in [-0.2, 0) is 14.3 Å².